The molecule has 1 saturated carbocycles. The summed E-state index contributed by atoms with van der Waals surface area (Å²) < 4.78 is 3.68. The SMILES string of the molecule is C[C@@H](Cn1cccn1)NC(=O)N(Cc1cnn(-c2ccccc2)c1)C1CC1. The third-order valence-electron chi connectivity index (χ3n) is 4.65. The number of rotatable bonds is 7. The summed E-state index contributed by atoms with van der Waals surface area (Å²) in [7, 11) is 0. The highest BCUT2D eigenvalue weighted by atomic mass is 16.2. The van der Waals surface area contributed by atoms with Crippen LogP contribution < -0.4 is 5.32 Å². The number of amides is 2. The van der Waals surface area contributed by atoms with Crippen molar-refractivity contribution in [3.63, 3.8) is 0 Å². The standard InChI is InChI=1S/C20H24N6O/c1-16(13-24-11-5-10-21-24)23-20(27)25(18-8-9-18)14-17-12-22-26(15-17)19-6-3-2-4-7-19/h2-7,10-12,15-16,18H,8-9,13-14H2,1H3,(H,23,27)/t16-/m0/s1. The fourth-order valence-corrected chi connectivity index (χ4v) is 3.14. The summed E-state index contributed by atoms with van der Waals surface area (Å²) in [5.74, 6) is 0. The molecule has 0 bridgehead atoms. The molecule has 3 aromatic rings. The van der Waals surface area contributed by atoms with E-state index in [-0.39, 0.29) is 12.1 Å². The topological polar surface area (TPSA) is 68.0 Å². The van der Waals surface area contributed by atoms with Gasteiger partial charge in [-0.3, -0.25) is 4.68 Å². The molecule has 1 atom stereocenters. The number of urea groups is 1. The van der Waals surface area contributed by atoms with E-state index in [2.05, 4.69) is 15.5 Å². The van der Waals surface area contributed by atoms with Gasteiger partial charge in [0.25, 0.3) is 0 Å². The first-order valence-corrected chi connectivity index (χ1v) is 9.32. The van der Waals surface area contributed by atoms with E-state index in [0.717, 1.165) is 24.1 Å². The molecule has 7 heteroatoms. The van der Waals surface area contributed by atoms with Crippen LogP contribution in [0.5, 0.6) is 0 Å². The average Bonchev–Trinajstić information content (AvgIpc) is 3.17. The minimum atomic E-state index is -0.0235. The number of carbonyl (C=O) groups is 1. The van der Waals surface area contributed by atoms with Gasteiger partial charge in [0.05, 0.1) is 25.0 Å². The predicted molar refractivity (Wildman–Crippen MR) is 102 cm³/mol. The summed E-state index contributed by atoms with van der Waals surface area (Å²) in [6, 6.07) is 12.2. The van der Waals surface area contributed by atoms with E-state index in [1.165, 1.54) is 0 Å². The normalized spacial score (nSPS) is 14.7. The number of hydrogen-bond donors (Lipinski definition) is 1. The monoisotopic (exact) mass is 364 g/mol. The van der Waals surface area contributed by atoms with Crippen molar-refractivity contribution in [3.05, 3.63) is 66.7 Å². The second kappa shape index (κ2) is 7.65. The maximum atomic E-state index is 12.8. The Balaban J connectivity index is 1.39. The van der Waals surface area contributed by atoms with Gasteiger partial charge < -0.3 is 10.2 Å². The molecule has 0 unspecified atom stereocenters. The molecule has 2 heterocycles. The molecular formula is C20H24N6O. The van der Waals surface area contributed by atoms with Crippen molar-refractivity contribution in [2.24, 2.45) is 0 Å². The molecule has 1 aliphatic rings. The lowest BCUT2D eigenvalue weighted by atomic mass is 10.3. The third kappa shape index (κ3) is 4.36. The van der Waals surface area contributed by atoms with E-state index in [1.807, 2.05) is 76.2 Å². The fraction of sp³-hybridized carbons (Fsp3) is 0.350. The van der Waals surface area contributed by atoms with Crippen molar-refractivity contribution in [2.45, 2.75) is 44.9 Å². The highest BCUT2D eigenvalue weighted by Gasteiger charge is 2.33. The quantitative estimate of drug-likeness (QED) is 0.701. The van der Waals surface area contributed by atoms with Gasteiger partial charge in [-0.15, -0.1) is 0 Å². The highest BCUT2D eigenvalue weighted by molar-refractivity contribution is 5.75. The van der Waals surface area contributed by atoms with Crippen LogP contribution in [0, 0.1) is 0 Å². The Bertz CT molecular complexity index is 869. The van der Waals surface area contributed by atoms with E-state index in [1.54, 1.807) is 6.20 Å². The Morgan fingerprint density at radius 1 is 1.26 bits per heavy atom. The summed E-state index contributed by atoms with van der Waals surface area (Å²) in [6.07, 6.45) is 9.60. The van der Waals surface area contributed by atoms with Crippen LogP contribution in [0.4, 0.5) is 4.79 Å². The summed E-state index contributed by atoms with van der Waals surface area (Å²) in [6.45, 7) is 3.22. The minimum absolute atomic E-state index is 0.00527. The Hall–Kier alpha value is -3.09. The second-order valence-electron chi connectivity index (χ2n) is 7.07. The minimum Gasteiger partial charge on any atom is -0.334 e. The number of nitrogens with one attached hydrogen (secondary N) is 1. The molecule has 0 saturated heterocycles. The molecule has 140 valence electrons. The van der Waals surface area contributed by atoms with Crippen LogP contribution in [0.3, 0.4) is 0 Å². The fourth-order valence-electron chi connectivity index (χ4n) is 3.14. The maximum Gasteiger partial charge on any atom is 0.318 e. The summed E-state index contributed by atoms with van der Waals surface area (Å²) in [4.78, 5) is 14.7. The molecular weight excluding hydrogens is 340 g/mol. The van der Waals surface area contributed by atoms with Gasteiger partial charge in [0.15, 0.2) is 0 Å². The Kier molecular flexibility index (Phi) is 4.91. The van der Waals surface area contributed by atoms with Crippen molar-refractivity contribution in [3.8, 4) is 5.69 Å². The van der Waals surface area contributed by atoms with E-state index >= 15 is 0 Å². The first-order valence-electron chi connectivity index (χ1n) is 9.32. The zero-order valence-corrected chi connectivity index (χ0v) is 15.4. The lowest BCUT2D eigenvalue weighted by molar-refractivity contribution is 0.187. The van der Waals surface area contributed by atoms with Crippen molar-refractivity contribution >= 4 is 6.03 Å². The molecule has 2 amide bonds. The van der Waals surface area contributed by atoms with Crippen molar-refractivity contribution in [1.29, 1.82) is 0 Å². The predicted octanol–water partition coefficient (Wildman–Crippen LogP) is 2.83. The number of hydrogen-bond acceptors (Lipinski definition) is 3. The zero-order chi connectivity index (χ0) is 18.6. The second-order valence-corrected chi connectivity index (χ2v) is 7.07. The van der Waals surface area contributed by atoms with Gasteiger partial charge in [-0.1, -0.05) is 18.2 Å². The Morgan fingerprint density at radius 2 is 2.07 bits per heavy atom. The van der Waals surface area contributed by atoms with Crippen LogP contribution in [0.2, 0.25) is 0 Å². The van der Waals surface area contributed by atoms with Crippen molar-refractivity contribution in [1.82, 2.24) is 29.8 Å². The first kappa shape index (κ1) is 17.3. The maximum absolute atomic E-state index is 12.8. The number of carbonyl (C=O) groups excluding carboxylic acids is 1. The molecule has 0 radical (unpaired) electrons. The van der Waals surface area contributed by atoms with Gasteiger partial charge in [0.1, 0.15) is 0 Å². The van der Waals surface area contributed by atoms with Crippen LogP contribution in [-0.4, -0.2) is 42.6 Å². The van der Waals surface area contributed by atoms with Gasteiger partial charge in [-0.05, 0) is 38.0 Å². The lowest BCUT2D eigenvalue weighted by Gasteiger charge is -2.24. The molecule has 1 fully saturated rings. The number of nitrogens with zero attached hydrogens (tertiary/aromatic N) is 5. The number of para-hydroxylation sites is 1. The van der Waals surface area contributed by atoms with Crippen LogP contribution >= 0.6 is 0 Å². The molecule has 1 aliphatic carbocycles. The number of aromatic nitrogens is 4. The molecule has 4 rings (SSSR count). The molecule has 1 aromatic carbocycles. The first-order chi connectivity index (χ1) is 13.2. The number of benzene rings is 1. The van der Waals surface area contributed by atoms with Gasteiger partial charge in [0.2, 0.25) is 0 Å². The lowest BCUT2D eigenvalue weighted by Crippen LogP contribution is -2.45. The van der Waals surface area contributed by atoms with Gasteiger partial charge in [0, 0.05) is 36.2 Å². The Labute approximate surface area is 158 Å². The van der Waals surface area contributed by atoms with Gasteiger partial charge in [-0.2, -0.15) is 10.2 Å². The molecule has 1 N–H and O–H groups in total. The van der Waals surface area contributed by atoms with Crippen LogP contribution in [-0.2, 0) is 13.1 Å². The van der Waals surface area contributed by atoms with E-state index in [9.17, 15) is 4.79 Å². The zero-order valence-electron chi connectivity index (χ0n) is 15.4. The molecule has 27 heavy (non-hydrogen) atoms. The van der Waals surface area contributed by atoms with Crippen molar-refractivity contribution < 1.29 is 4.79 Å². The Morgan fingerprint density at radius 3 is 2.78 bits per heavy atom. The van der Waals surface area contributed by atoms with E-state index in [4.69, 9.17) is 0 Å². The van der Waals surface area contributed by atoms with Crippen LogP contribution in [0.25, 0.3) is 5.69 Å². The van der Waals surface area contributed by atoms with E-state index in [0.29, 0.717) is 19.1 Å². The van der Waals surface area contributed by atoms with Crippen LogP contribution in [0.15, 0.2) is 61.2 Å². The van der Waals surface area contributed by atoms with E-state index < -0.39 is 0 Å². The molecule has 0 spiro atoms. The molecule has 2 aromatic heterocycles. The summed E-state index contributed by atoms with van der Waals surface area (Å²) >= 11 is 0. The third-order valence-corrected chi connectivity index (χ3v) is 4.65. The van der Waals surface area contributed by atoms with Crippen molar-refractivity contribution in [2.75, 3.05) is 0 Å². The average molecular weight is 364 g/mol. The van der Waals surface area contributed by atoms with Gasteiger partial charge >= 0.3 is 6.03 Å². The smallest absolute Gasteiger partial charge is 0.318 e. The molecule has 7 nitrogen and oxygen atoms in total. The van der Waals surface area contributed by atoms with Crippen LogP contribution in [0.1, 0.15) is 25.3 Å². The highest BCUT2D eigenvalue weighted by Crippen LogP contribution is 2.28. The summed E-state index contributed by atoms with van der Waals surface area (Å²) in [5.41, 5.74) is 2.04. The summed E-state index contributed by atoms with van der Waals surface area (Å²) in [5, 5.41) is 11.7. The molecule has 0 aliphatic heterocycles. The van der Waals surface area contributed by atoms with Gasteiger partial charge in [-0.25, -0.2) is 9.48 Å². The largest absolute Gasteiger partial charge is 0.334 e.